The lowest BCUT2D eigenvalue weighted by molar-refractivity contribution is -0.152. The summed E-state index contributed by atoms with van der Waals surface area (Å²) in [6, 6.07) is -0.534. The van der Waals surface area contributed by atoms with Crippen molar-refractivity contribution in [1.82, 2.24) is 9.80 Å². The van der Waals surface area contributed by atoms with Crippen LogP contribution in [0.2, 0.25) is 0 Å². The molecule has 0 aromatic heterocycles. The Morgan fingerprint density at radius 2 is 2.15 bits per heavy atom. The summed E-state index contributed by atoms with van der Waals surface area (Å²) in [5, 5.41) is 9.24. The van der Waals surface area contributed by atoms with Crippen molar-refractivity contribution >= 4 is 5.97 Å². The number of hydrogen-bond donors (Lipinski definition) is 1. The van der Waals surface area contributed by atoms with Crippen molar-refractivity contribution in [2.24, 2.45) is 5.92 Å². The summed E-state index contributed by atoms with van der Waals surface area (Å²) in [4.78, 5) is 15.6. The number of carbonyl (C=O) groups is 1. The molecule has 116 valence electrons. The van der Waals surface area contributed by atoms with E-state index in [4.69, 9.17) is 9.47 Å². The Balaban J connectivity index is 1.86. The molecular weight excluding hydrogens is 260 g/mol. The maximum absolute atomic E-state index is 11.2. The molecule has 6 nitrogen and oxygen atoms in total. The summed E-state index contributed by atoms with van der Waals surface area (Å²) < 4.78 is 11.1. The van der Waals surface area contributed by atoms with E-state index < -0.39 is 12.0 Å². The van der Waals surface area contributed by atoms with Crippen molar-refractivity contribution in [3.05, 3.63) is 0 Å². The van der Waals surface area contributed by atoms with Crippen LogP contribution in [0.3, 0.4) is 0 Å². The predicted octanol–water partition coefficient (Wildman–Crippen LogP) is 0.129. The van der Waals surface area contributed by atoms with Gasteiger partial charge in [-0.15, -0.1) is 0 Å². The second-order valence-corrected chi connectivity index (χ2v) is 6.07. The Kier molecular flexibility index (Phi) is 5.77. The van der Waals surface area contributed by atoms with Crippen molar-refractivity contribution in [3.8, 4) is 0 Å². The number of carboxylic acid groups (broad SMARTS) is 1. The molecule has 0 spiro atoms. The molecule has 0 amide bonds. The van der Waals surface area contributed by atoms with Crippen LogP contribution in [-0.2, 0) is 14.3 Å². The predicted molar refractivity (Wildman–Crippen MR) is 74.8 cm³/mol. The third-order valence-electron chi connectivity index (χ3n) is 3.81. The molecule has 6 heteroatoms. The van der Waals surface area contributed by atoms with Gasteiger partial charge in [0.1, 0.15) is 6.04 Å². The molecule has 2 rings (SSSR count). The molecule has 2 fully saturated rings. The monoisotopic (exact) mass is 286 g/mol. The van der Waals surface area contributed by atoms with Gasteiger partial charge in [-0.25, -0.2) is 0 Å². The average Bonchev–Trinajstić information content (AvgIpc) is 2.38. The Labute approximate surface area is 120 Å². The van der Waals surface area contributed by atoms with E-state index in [-0.39, 0.29) is 12.7 Å². The van der Waals surface area contributed by atoms with Gasteiger partial charge in [-0.1, -0.05) is 13.8 Å². The zero-order valence-electron chi connectivity index (χ0n) is 12.5. The van der Waals surface area contributed by atoms with Gasteiger partial charge in [-0.2, -0.15) is 0 Å². The highest BCUT2D eigenvalue weighted by Crippen LogP contribution is 2.13. The Morgan fingerprint density at radius 3 is 2.85 bits per heavy atom. The van der Waals surface area contributed by atoms with Gasteiger partial charge in [0.25, 0.3) is 0 Å². The van der Waals surface area contributed by atoms with Gasteiger partial charge in [0.05, 0.1) is 25.9 Å². The molecule has 0 aliphatic carbocycles. The molecule has 1 N–H and O–H groups in total. The maximum atomic E-state index is 11.2. The summed E-state index contributed by atoms with van der Waals surface area (Å²) in [6.45, 7) is 10.3. The van der Waals surface area contributed by atoms with Gasteiger partial charge in [0.15, 0.2) is 0 Å². The van der Waals surface area contributed by atoms with Crippen LogP contribution in [0.4, 0.5) is 0 Å². The third kappa shape index (κ3) is 4.41. The van der Waals surface area contributed by atoms with E-state index in [1.165, 1.54) is 0 Å². The number of nitrogens with zero attached hydrogens (tertiary/aromatic N) is 2. The lowest BCUT2D eigenvalue weighted by atomic mass is 10.1. The molecule has 0 saturated carbocycles. The van der Waals surface area contributed by atoms with E-state index in [2.05, 4.69) is 18.7 Å². The molecule has 2 heterocycles. The first-order chi connectivity index (χ1) is 9.56. The first-order valence-electron chi connectivity index (χ1n) is 7.45. The van der Waals surface area contributed by atoms with E-state index in [0.717, 1.165) is 26.2 Å². The van der Waals surface area contributed by atoms with Crippen molar-refractivity contribution in [3.63, 3.8) is 0 Å². The highest BCUT2D eigenvalue weighted by Gasteiger charge is 2.32. The molecule has 0 radical (unpaired) electrons. The smallest absolute Gasteiger partial charge is 0.323 e. The second-order valence-electron chi connectivity index (χ2n) is 6.07. The number of ether oxygens (including phenoxy) is 2. The van der Waals surface area contributed by atoms with Crippen LogP contribution in [0.25, 0.3) is 0 Å². The molecule has 20 heavy (non-hydrogen) atoms. The normalized spacial score (nSPS) is 29.8. The molecule has 2 saturated heterocycles. The van der Waals surface area contributed by atoms with E-state index in [9.17, 15) is 9.90 Å². The first-order valence-corrected chi connectivity index (χ1v) is 7.45. The Morgan fingerprint density at radius 1 is 1.35 bits per heavy atom. The minimum absolute atomic E-state index is 0.0995. The Hall–Kier alpha value is -0.690. The van der Waals surface area contributed by atoms with Crippen molar-refractivity contribution in [2.45, 2.75) is 26.0 Å². The first kappa shape index (κ1) is 15.7. The lowest BCUT2D eigenvalue weighted by Crippen LogP contribution is -2.55. The van der Waals surface area contributed by atoms with Crippen molar-refractivity contribution in [2.75, 3.05) is 52.5 Å². The van der Waals surface area contributed by atoms with Gasteiger partial charge >= 0.3 is 5.97 Å². The molecule has 2 atom stereocenters. The molecule has 2 aliphatic heterocycles. The molecule has 2 aliphatic rings. The maximum Gasteiger partial charge on any atom is 0.323 e. The molecule has 2 unspecified atom stereocenters. The van der Waals surface area contributed by atoms with E-state index in [0.29, 0.717) is 25.6 Å². The van der Waals surface area contributed by atoms with E-state index in [1.807, 2.05) is 4.90 Å². The topological polar surface area (TPSA) is 62.2 Å². The van der Waals surface area contributed by atoms with E-state index >= 15 is 0 Å². The van der Waals surface area contributed by atoms with Crippen LogP contribution in [0.5, 0.6) is 0 Å². The van der Waals surface area contributed by atoms with Gasteiger partial charge < -0.3 is 14.6 Å². The van der Waals surface area contributed by atoms with Crippen molar-refractivity contribution in [1.29, 1.82) is 0 Å². The quantitative estimate of drug-likeness (QED) is 0.775. The summed E-state index contributed by atoms with van der Waals surface area (Å²) in [6.07, 6.45) is 0.0995. The van der Waals surface area contributed by atoms with Crippen molar-refractivity contribution < 1.29 is 19.4 Å². The average molecular weight is 286 g/mol. The number of morpholine rings is 2. The van der Waals surface area contributed by atoms with Crippen LogP contribution >= 0.6 is 0 Å². The minimum Gasteiger partial charge on any atom is -0.480 e. The number of hydrogen-bond acceptors (Lipinski definition) is 5. The zero-order valence-corrected chi connectivity index (χ0v) is 12.5. The number of carboxylic acids is 1. The van der Waals surface area contributed by atoms with Crippen LogP contribution in [0.1, 0.15) is 13.8 Å². The molecule has 0 bridgehead atoms. The fourth-order valence-electron chi connectivity index (χ4n) is 2.92. The summed E-state index contributed by atoms with van der Waals surface area (Å²) in [5.74, 6) is -0.163. The summed E-state index contributed by atoms with van der Waals surface area (Å²) in [5.41, 5.74) is 0. The highest BCUT2D eigenvalue weighted by molar-refractivity contribution is 5.73. The lowest BCUT2D eigenvalue weighted by Gasteiger charge is -2.39. The number of aliphatic carboxylic acids is 1. The second kappa shape index (κ2) is 7.36. The highest BCUT2D eigenvalue weighted by atomic mass is 16.5. The van der Waals surface area contributed by atoms with Crippen LogP contribution in [0, 0.1) is 5.92 Å². The van der Waals surface area contributed by atoms with Gasteiger partial charge in [-0.05, 0) is 5.92 Å². The Bertz CT molecular complexity index is 324. The fraction of sp³-hybridized carbons (Fsp3) is 0.929. The minimum atomic E-state index is -0.806. The van der Waals surface area contributed by atoms with Crippen LogP contribution in [0.15, 0.2) is 0 Å². The largest absolute Gasteiger partial charge is 0.480 e. The number of rotatable bonds is 5. The van der Waals surface area contributed by atoms with Gasteiger partial charge in [0, 0.05) is 32.7 Å². The molecular formula is C14H26N2O4. The summed E-state index contributed by atoms with van der Waals surface area (Å²) >= 11 is 0. The van der Waals surface area contributed by atoms with Crippen LogP contribution < -0.4 is 0 Å². The van der Waals surface area contributed by atoms with Crippen LogP contribution in [-0.4, -0.2) is 85.6 Å². The van der Waals surface area contributed by atoms with Gasteiger partial charge in [0.2, 0.25) is 0 Å². The summed E-state index contributed by atoms with van der Waals surface area (Å²) in [7, 11) is 0. The van der Waals surface area contributed by atoms with E-state index in [1.54, 1.807) is 0 Å². The molecule has 0 aromatic rings. The zero-order chi connectivity index (χ0) is 14.5. The molecule has 0 aromatic carbocycles. The SMILES string of the molecule is CC(C)CN1CCOC(CN2CCOCC2C(=O)O)C1. The van der Waals surface area contributed by atoms with Gasteiger partial charge in [-0.3, -0.25) is 14.6 Å². The third-order valence-corrected chi connectivity index (χ3v) is 3.81. The fourth-order valence-corrected chi connectivity index (χ4v) is 2.92. The standard InChI is InChI=1S/C14H26N2O4/c1-11(2)7-15-3-6-20-12(8-15)9-16-4-5-19-10-13(16)14(17)18/h11-13H,3-10H2,1-2H3,(H,17,18).